The maximum Gasteiger partial charge on any atom is 0.338 e. The van der Waals surface area contributed by atoms with Crippen LogP contribution in [0.1, 0.15) is 59.8 Å². The first-order valence-corrected chi connectivity index (χ1v) is 16.4. The van der Waals surface area contributed by atoms with Crippen molar-refractivity contribution in [2.45, 2.75) is 66.0 Å². The fourth-order valence-electron chi connectivity index (χ4n) is 5.62. The van der Waals surface area contributed by atoms with Crippen molar-refractivity contribution in [1.82, 2.24) is 10.1 Å². The second-order valence-electron chi connectivity index (χ2n) is 10.9. The van der Waals surface area contributed by atoms with Gasteiger partial charge in [0.2, 0.25) is 0 Å². The molecular formula is C37H47N4O9+. The summed E-state index contributed by atoms with van der Waals surface area (Å²) in [5.74, 6) is -1.04. The number of hydrogen-bond acceptors (Lipinski definition) is 10. The van der Waals surface area contributed by atoms with E-state index in [-0.39, 0.29) is 52.2 Å². The molecule has 0 bridgehead atoms. The number of nitrogens with zero attached hydrogens (tertiary/aromatic N) is 3. The summed E-state index contributed by atoms with van der Waals surface area (Å²) in [6.45, 7) is 11.3. The summed E-state index contributed by atoms with van der Waals surface area (Å²) in [6.07, 6.45) is 6.28. The number of ether oxygens (including phenoxy) is 2. The number of fused-ring (bicyclic) bond motifs is 2. The number of hydroxylamine groups is 4. The molecule has 0 radical (unpaired) electrons. The zero-order chi connectivity index (χ0) is 35.3. The van der Waals surface area contributed by atoms with Gasteiger partial charge in [-0.15, -0.1) is 18.2 Å². The highest BCUT2D eigenvalue weighted by atomic mass is 16.7. The lowest BCUT2D eigenvalue weighted by atomic mass is 10.2. The van der Waals surface area contributed by atoms with Gasteiger partial charge in [-0.3, -0.25) is 19.3 Å². The van der Waals surface area contributed by atoms with Gasteiger partial charge in [-0.05, 0) is 30.7 Å². The largest absolute Gasteiger partial charge is 0.485 e. The standard InChI is InChI=1S/C32H32N4O9.C2H6.C2H4.CH4/c37-27-12-6-18-35(27)44-31(40)17-20-34-24-9-2-4-11-26(24)43-30(34)13-5-7-22-21-42-25-10-3-1-8-23(25)33(22)19-16-32(41)45-36-28(38)14-15-29(36)39;2*1-2;/h1-5,7-11,13,30H,6,12,14-21H2;1-2H3;1-2H2;1H4/p+1/b13-5+,22-7-;;;. The molecule has 50 heavy (non-hydrogen) atoms. The molecule has 268 valence electrons. The van der Waals surface area contributed by atoms with E-state index in [1.165, 1.54) is 0 Å². The van der Waals surface area contributed by atoms with E-state index in [4.69, 9.17) is 19.1 Å². The molecular weight excluding hydrogens is 644 g/mol. The van der Waals surface area contributed by atoms with Crippen molar-refractivity contribution in [3.63, 3.8) is 0 Å². The molecule has 1 N–H and O–H groups in total. The number of imide groups is 1. The van der Waals surface area contributed by atoms with Crippen molar-refractivity contribution in [3.05, 3.63) is 85.6 Å². The molecule has 4 heterocycles. The Bertz CT molecular complexity index is 1570. The lowest BCUT2D eigenvalue weighted by Gasteiger charge is -2.33. The van der Waals surface area contributed by atoms with Crippen LogP contribution >= 0.6 is 0 Å². The smallest absolute Gasteiger partial charge is 0.338 e. The third-order valence-corrected chi connectivity index (χ3v) is 7.86. The van der Waals surface area contributed by atoms with Gasteiger partial charge < -0.3 is 24.0 Å². The maximum absolute atomic E-state index is 12.6. The van der Waals surface area contributed by atoms with E-state index < -0.39 is 30.0 Å². The number of quaternary nitrogens is 1. The molecule has 0 aliphatic carbocycles. The van der Waals surface area contributed by atoms with E-state index in [9.17, 15) is 24.0 Å². The second kappa shape index (κ2) is 18.9. The minimum Gasteiger partial charge on any atom is -0.485 e. The molecule has 2 aromatic rings. The van der Waals surface area contributed by atoms with Crippen LogP contribution in [0.4, 0.5) is 11.4 Å². The first-order valence-electron chi connectivity index (χ1n) is 16.4. The number of carbonyl (C=O) groups is 5. The maximum atomic E-state index is 12.6. The molecule has 13 heteroatoms. The zero-order valence-electron chi connectivity index (χ0n) is 27.9. The van der Waals surface area contributed by atoms with Crippen molar-refractivity contribution >= 4 is 41.0 Å². The van der Waals surface area contributed by atoms with Gasteiger partial charge in [0.05, 0.1) is 37.3 Å². The van der Waals surface area contributed by atoms with E-state index in [1.807, 2.05) is 85.5 Å². The summed E-state index contributed by atoms with van der Waals surface area (Å²) >= 11 is 0. The number of nitrogens with one attached hydrogen (secondary N) is 1. The minimum atomic E-state index is -0.693. The first kappa shape index (κ1) is 39.0. The molecule has 0 saturated carbocycles. The van der Waals surface area contributed by atoms with Gasteiger partial charge in [-0.2, -0.15) is 5.06 Å². The minimum absolute atomic E-state index is 0. The molecule has 4 aliphatic heterocycles. The summed E-state index contributed by atoms with van der Waals surface area (Å²) in [7, 11) is 0. The van der Waals surface area contributed by atoms with Gasteiger partial charge >= 0.3 is 11.9 Å². The Hall–Kier alpha value is -5.43. The van der Waals surface area contributed by atoms with Gasteiger partial charge in [-0.25, -0.2) is 9.59 Å². The second-order valence-corrected chi connectivity index (χ2v) is 10.9. The van der Waals surface area contributed by atoms with Gasteiger partial charge in [0.15, 0.2) is 11.4 Å². The van der Waals surface area contributed by atoms with Gasteiger partial charge in [0, 0.05) is 37.9 Å². The Kier molecular flexibility index (Phi) is 14.8. The number of amides is 3. The predicted molar refractivity (Wildman–Crippen MR) is 186 cm³/mol. The summed E-state index contributed by atoms with van der Waals surface area (Å²) in [5, 5.41) is 1.69. The van der Waals surface area contributed by atoms with Crippen LogP contribution in [0.5, 0.6) is 11.5 Å². The van der Waals surface area contributed by atoms with Crippen LogP contribution in [-0.2, 0) is 33.6 Å². The fourth-order valence-corrected chi connectivity index (χ4v) is 5.62. The molecule has 13 nitrogen and oxygen atoms in total. The number of carbonyl (C=O) groups excluding carboxylic acids is 5. The van der Waals surface area contributed by atoms with Crippen LogP contribution in [0.25, 0.3) is 0 Å². The van der Waals surface area contributed by atoms with Crippen LogP contribution < -0.4 is 19.3 Å². The van der Waals surface area contributed by atoms with Crippen molar-refractivity contribution < 1.29 is 48.0 Å². The molecule has 4 aliphatic rings. The molecule has 6 rings (SSSR count). The lowest BCUT2D eigenvalue weighted by molar-refractivity contribution is -0.861. The summed E-state index contributed by atoms with van der Waals surface area (Å²) in [4.78, 5) is 73.8. The molecule has 0 aromatic heterocycles. The molecule has 2 atom stereocenters. The van der Waals surface area contributed by atoms with Crippen LogP contribution in [0.2, 0.25) is 0 Å². The quantitative estimate of drug-likeness (QED) is 0.285. The fraction of sp³-hybridized carbons (Fsp3) is 0.378. The van der Waals surface area contributed by atoms with Crippen molar-refractivity contribution in [3.8, 4) is 11.5 Å². The zero-order valence-corrected chi connectivity index (χ0v) is 27.9. The number of rotatable bonds is 10. The highest BCUT2D eigenvalue weighted by Crippen LogP contribution is 2.35. The molecule has 2 aromatic carbocycles. The third kappa shape index (κ3) is 9.38. The molecule has 2 saturated heterocycles. The Balaban J connectivity index is 0.00000131. The van der Waals surface area contributed by atoms with Crippen molar-refractivity contribution in [2.24, 2.45) is 0 Å². The van der Waals surface area contributed by atoms with E-state index in [1.54, 1.807) is 0 Å². The first-order chi connectivity index (χ1) is 23.9. The van der Waals surface area contributed by atoms with Crippen molar-refractivity contribution in [1.29, 1.82) is 0 Å². The molecule has 2 unspecified atom stereocenters. The summed E-state index contributed by atoms with van der Waals surface area (Å²) < 4.78 is 12.2. The van der Waals surface area contributed by atoms with Gasteiger partial charge in [-0.1, -0.05) is 51.6 Å². The lowest BCUT2D eigenvalue weighted by Crippen LogP contribution is -3.10. The van der Waals surface area contributed by atoms with E-state index in [0.29, 0.717) is 42.5 Å². The third-order valence-electron chi connectivity index (χ3n) is 7.86. The SMILES string of the molecule is C.C=C.CC.O=C(CC[NH+]1c2ccccc2OC1/C=C/C=C1/COc2ccccc2N1CCC(=O)ON1C(=O)CCC1=O)ON1CCCC1=O. The van der Waals surface area contributed by atoms with Crippen molar-refractivity contribution in [2.75, 3.05) is 31.1 Å². The number of anilines is 1. The van der Waals surface area contributed by atoms with Gasteiger partial charge in [0.25, 0.3) is 23.9 Å². The average molecular weight is 692 g/mol. The highest BCUT2D eigenvalue weighted by Gasteiger charge is 2.36. The summed E-state index contributed by atoms with van der Waals surface area (Å²) in [6, 6.07) is 15.0. The molecule has 2 fully saturated rings. The van der Waals surface area contributed by atoms with E-state index in [2.05, 4.69) is 13.2 Å². The number of para-hydroxylation sites is 4. The number of benzene rings is 2. The Morgan fingerprint density at radius 2 is 1.56 bits per heavy atom. The Labute approximate surface area is 293 Å². The van der Waals surface area contributed by atoms with Crippen LogP contribution in [-0.4, -0.2) is 72.3 Å². The predicted octanol–water partition coefficient (Wildman–Crippen LogP) is 4.19. The number of hydrogen-bond donors (Lipinski definition) is 1. The topological polar surface area (TPSA) is 136 Å². The van der Waals surface area contributed by atoms with Gasteiger partial charge in [0.1, 0.15) is 12.4 Å². The monoisotopic (exact) mass is 691 g/mol. The summed E-state index contributed by atoms with van der Waals surface area (Å²) in [5.41, 5.74) is 2.44. The average Bonchev–Trinajstić information content (AvgIpc) is 3.80. The van der Waals surface area contributed by atoms with E-state index >= 15 is 0 Å². The van der Waals surface area contributed by atoms with Crippen LogP contribution in [0.15, 0.2) is 85.6 Å². The van der Waals surface area contributed by atoms with E-state index in [0.717, 1.165) is 27.0 Å². The van der Waals surface area contributed by atoms with Crippen LogP contribution in [0, 0.1) is 0 Å². The highest BCUT2D eigenvalue weighted by molar-refractivity contribution is 6.01. The Morgan fingerprint density at radius 3 is 2.26 bits per heavy atom. The normalized spacial score (nSPS) is 19.7. The number of allylic oxidation sites excluding steroid dienone is 2. The Morgan fingerprint density at radius 1 is 0.900 bits per heavy atom. The molecule has 0 spiro atoms. The van der Waals surface area contributed by atoms with Crippen LogP contribution in [0.3, 0.4) is 0 Å². The molecule has 3 amide bonds.